The molecule has 1 unspecified atom stereocenters. The summed E-state index contributed by atoms with van der Waals surface area (Å²) < 4.78 is 67.2. The van der Waals surface area contributed by atoms with E-state index in [9.17, 15) is 26.4 Å². The Bertz CT molecular complexity index is 998. The van der Waals surface area contributed by atoms with Crippen LogP contribution in [0.4, 0.5) is 18.9 Å². The lowest BCUT2D eigenvalue weighted by Gasteiger charge is -2.32. The minimum Gasteiger partial charge on any atom is -0.324 e. The molecule has 0 saturated carbocycles. The van der Waals surface area contributed by atoms with E-state index in [0.717, 1.165) is 24.6 Å². The molecule has 0 aromatic heterocycles. The van der Waals surface area contributed by atoms with Gasteiger partial charge in [0.1, 0.15) is 22.3 Å². The lowest BCUT2D eigenvalue weighted by Crippen LogP contribution is -2.40. The number of rotatable bonds is 6. The molecule has 9 heteroatoms. The number of nitrogens with zero attached hydrogens (tertiary/aromatic N) is 1. The van der Waals surface area contributed by atoms with Crippen molar-refractivity contribution in [2.75, 3.05) is 18.4 Å². The molecular formula is C20H21F3N2O3S. The average molecular weight is 426 g/mol. The Morgan fingerprint density at radius 1 is 1.10 bits per heavy atom. The fraction of sp³-hybridized carbons (Fsp3) is 0.350. The van der Waals surface area contributed by atoms with Crippen LogP contribution in [0.15, 0.2) is 47.4 Å². The van der Waals surface area contributed by atoms with Crippen LogP contribution in [0.25, 0.3) is 0 Å². The number of nitrogens with one attached hydrogen (secondary N) is 1. The third-order valence-corrected chi connectivity index (χ3v) is 6.82. The van der Waals surface area contributed by atoms with Gasteiger partial charge >= 0.3 is 0 Å². The van der Waals surface area contributed by atoms with Gasteiger partial charge in [0, 0.05) is 25.6 Å². The summed E-state index contributed by atoms with van der Waals surface area (Å²) in [6, 6.07) is 8.11. The van der Waals surface area contributed by atoms with Crippen LogP contribution in [-0.4, -0.2) is 31.7 Å². The molecule has 2 aromatic carbocycles. The van der Waals surface area contributed by atoms with E-state index in [-0.39, 0.29) is 29.5 Å². The Balaban J connectivity index is 1.58. The molecule has 0 spiro atoms. The van der Waals surface area contributed by atoms with Crippen LogP contribution in [0, 0.1) is 23.4 Å². The molecule has 29 heavy (non-hydrogen) atoms. The van der Waals surface area contributed by atoms with Gasteiger partial charge in [-0.25, -0.2) is 21.6 Å². The Labute approximate surface area is 167 Å². The van der Waals surface area contributed by atoms with Crippen LogP contribution < -0.4 is 5.32 Å². The first kappa shape index (κ1) is 21.3. The molecule has 1 saturated heterocycles. The summed E-state index contributed by atoms with van der Waals surface area (Å²) in [7, 11) is -3.95. The first-order valence-electron chi connectivity index (χ1n) is 9.27. The summed E-state index contributed by atoms with van der Waals surface area (Å²) >= 11 is 0. The molecule has 5 nitrogen and oxygen atoms in total. The third-order valence-electron chi connectivity index (χ3n) is 4.92. The van der Waals surface area contributed by atoms with Crippen LogP contribution >= 0.6 is 0 Å². The maximum Gasteiger partial charge on any atom is 0.245 e. The number of hydrogen-bond acceptors (Lipinski definition) is 3. The number of anilines is 1. The summed E-state index contributed by atoms with van der Waals surface area (Å²) in [5.41, 5.74) is -0.108. The van der Waals surface area contributed by atoms with Gasteiger partial charge in [-0.05, 0) is 49.4 Å². The van der Waals surface area contributed by atoms with E-state index in [2.05, 4.69) is 5.32 Å². The van der Waals surface area contributed by atoms with E-state index in [0.29, 0.717) is 25.5 Å². The first-order valence-corrected chi connectivity index (χ1v) is 10.7. The van der Waals surface area contributed by atoms with E-state index in [4.69, 9.17) is 0 Å². The summed E-state index contributed by atoms with van der Waals surface area (Å²) in [6.45, 7) is 0.481. The maximum atomic E-state index is 13.9. The summed E-state index contributed by atoms with van der Waals surface area (Å²) in [4.78, 5) is 11.7. The highest BCUT2D eigenvalue weighted by Gasteiger charge is 2.32. The summed E-state index contributed by atoms with van der Waals surface area (Å²) in [5.74, 6) is -2.91. The van der Waals surface area contributed by atoms with Gasteiger partial charge in [0.05, 0.1) is 5.69 Å². The highest BCUT2D eigenvalue weighted by atomic mass is 32.2. The van der Waals surface area contributed by atoms with Crippen molar-refractivity contribution in [2.24, 2.45) is 5.92 Å². The minimum atomic E-state index is -3.95. The average Bonchev–Trinajstić information content (AvgIpc) is 2.69. The van der Waals surface area contributed by atoms with Crippen molar-refractivity contribution in [1.82, 2.24) is 4.31 Å². The number of amides is 1. The minimum absolute atomic E-state index is 0.0646. The maximum absolute atomic E-state index is 13.9. The zero-order valence-electron chi connectivity index (χ0n) is 15.6. The van der Waals surface area contributed by atoms with E-state index >= 15 is 0 Å². The van der Waals surface area contributed by atoms with Gasteiger partial charge in [-0.2, -0.15) is 4.31 Å². The van der Waals surface area contributed by atoms with Gasteiger partial charge in [-0.3, -0.25) is 4.79 Å². The Morgan fingerprint density at radius 3 is 2.59 bits per heavy atom. The molecule has 1 aliphatic rings. The normalized spacial score (nSPS) is 17.8. The van der Waals surface area contributed by atoms with Gasteiger partial charge < -0.3 is 5.32 Å². The molecule has 1 fully saturated rings. The van der Waals surface area contributed by atoms with Crippen molar-refractivity contribution in [3.63, 3.8) is 0 Å². The van der Waals surface area contributed by atoms with E-state index in [1.165, 1.54) is 22.5 Å². The number of halogens is 3. The molecule has 156 valence electrons. The molecule has 1 heterocycles. The zero-order valence-corrected chi connectivity index (χ0v) is 16.4. The van der Waals surface area contributed by atoms with Crippen molar-refractivity contribution in [2.45, 2.75) is 30.6 Å². The molecule has 1 aliphatic heterocycles. The molecular weight excluding hydrogens is 405 g/mol. The van der Waals surface area contributed by atoms with E-state index in [1.807, 2.05) is 0 Å². The summed E-state index contributed by atoms with van der Waals surface area (Å²) in [5, 5.41) is 2.39. The second kappa shape index (κ2) is 8.96. The lowest BCUT2D eigenvalue weighted by molar-refractivity contribution is -0.116. The number of carbonyl (C=O) groups is 1. The highest BCUT2D eigenvalue weighted by Crippen LogP contribution is 2.27. The molecule has 0 bridgehead atoms. The monoisotopic (exact) mass is 426 g/mol. The van der Waals surface area contributed by atoms with Crippen LogP contribution in [0.3, 0.4) is 0 Å². The molecule has 1 atom stereocenters. The van der Waals surface area contributed by atoms with Crippen molar-refractivity contribution < 1.29 is 26.4 Å². The number of hydrogen-bond donors (Lipinski definition) is 1. The van der Waals surface area contributed by atoms with Crippen molar-refractivity contribution in [1.29, 1.82) is 0 Å². The topological polar surface area (TPSA) is 66.5 Å². The molecule has 1 amide bonds. The number of carbonyl (C=O) groups excluding carboxylic acids is 1. The van der Waals surface area contributed by atoms with E-state index in [1.54, 1.807) is 0 Å². The second-order valence-electron chi connectivity index (χ2n) is 7.01. The lowest BCUT2D eigenvalue weighted by atomic mass is 9.94. The number of benzene rings is 2. The molecule has 3 rings (SSSR count). The van der Waals surface area contributed by atoms with Gasteiger partial charge in [0.25, 0.3) is 0 Å². The standard InChI is InChI=1S/C20H21F3N2O3S/c21-15-8-9-18(17(23)12-15)24-20(26)10-7-14-4-3-11-25(13-14)29(27,28)19-6-2-1-5-16(19)22/h1-2,5-6,8-9,12,14H,3-4,7,10-11,13H2,(H,24,26). The Hall–Kier alpha value is -2.39. The highest BCUT2D eigenvalue weighted by molar-refractivity contribution is 7.89. The predicted molar refractivity (Wildman–Crippen MR) is 102 cm³/mol. The molecule has 1 N–H and O–H groups in total. The van der Waals surface area contributed by atoms with Crippen LogP contribution in [-0.2, 0) is 14.8 Å². The van der Waals surface area contributed by atoms with Gasteiger partial charge in [0.15, 0.2) is 0 Å². The zero-order chi connectivity index (χ0) is 21.0. The Kier molecular flexibility index (Phi) is 6.59. The number of sulfonamides is 1. The van der Waals surface area contributed by atoms with Gasteiger partial charge in [0.2, 0.25) is 15.9 Å². The molecule has 0 aliphatic carbocycles. The smallest absolute Gasteiger partial charge is 0.245 e. The second-order valence-corrected chi connectivity index (χ2v) is 8.92. The van der Waals surface area contributed by atoms with Crippen LogP contribution in [0.1, 0.15) is 25.7 Å². The Morgan fingerprint density at radius 2 is 1.86 bits per heavy atom. The quantitative estimate of drug-likeness (QED) is 0.761. The van der Waals surface area contributed by atoms with E-state index < -0.39 is 33.4 Å². The predicted octanol–water partition coefficient (Wildman–Crippen LogP) is 3.92. The van der Waals surface area contributed by atoms with Crippen LogP contribution in [0.2, 0.25) is 0 Å². The van der Waals surface area contributed by atoms with Crippen molar-refractivity contribution >= 4 is 21.6 Å². The number of piperidine rings is 1. The molecule has 2 aromatic rings. The SMILES string of the molecule is O=C(CCC1CCCN(S(=O)(=O)c2ccccc2F)C1)Nc1ccc(F)cc1F. The molecule has 0 radical (unpaired) electrons. The van der Waals surface area contributed by atoms with Crippen molar-refractivity contribution in [3.05, 3.63) is 59.9 Å². The summed E-state index contributed by atoms with van der Waals surface area (Å²) in [6.07, 6.45) is 1.81. The van der Waals surface area contributed by atoms with Gasteiger partial charge in [-0.15, -0.1) is 0 Å². The van der Waals surface area contributed by atoms with Crippen molar-refractivity contribution in [3.8, 4) is 0 Å². The fourth-order valence-electron chi connectivity index (χ4n) is 3.41. The first-order chi connectivity index (χ1) is 13.8. The third kappa shape index (κ3) is 5.16. The fourth-order valence-corrected chi connectivity index (χ4v) is 5.03. The largest absolute Gasteiger partial charge is 0.324 e. The van der Waals surface area contributed by atoms with Gasteiger partial charge in [-0.1, -0.05) is 12.1 Å². The van der Waals surface area contributed by atoms with Crippen LogP contribution in [0.5, 0.6) is 0 Å².